The zero-order chi connectivity index (χ0) is 10.6. The Hall–Kier alpha value is -1.61. The molecule has 0 atom stereocenters. The molecule has 0 aliphatic rings. The smallest absolute Gasteiger partial charge is 0.328 e. The number of carboxylic acid groups (broad SMARTS) is 1. The zero-order valence-corrected chi connectivity index (χ0v) is 7.86. The summed E-state index contributed by atoms with van der Waals surface area (Å²) >= 11 is 5.79. The van der Waals surface area contributed by atoms with E-state index in [1.54, 1.807) is 12.1 Å². The van der Waals surface area contributed by atoms with Gasteiger partial charge in [0.1, 0.15) is 6.29 Å². The fourth-order valence-corrected chi connectivity index (χ4v) is 1.16. The van der Waals surface area contributed by atoms with Gasteiger partial charge in [0.05, 0.1) is 0 Å². The van der Waals surface area contributed by atoms with Crippen LogP contribution in [0, 0.1) is 0 Å². The first-order valence-electron chi connectivity index (χ1n) is 3.79. The van der Waals surface area contributed by atoms with E-state index in [4.69, 9.17) is 16.7 Å². The van der Waals surface area contributed by atoms with E-state index in [0.717, 1.165) is 6.08 Å². The van der Waals surface area contributed by atoms with Crippen molar-refractivity contribution in [2.45, 2.75) is 0 Å². The predicted molar refractivity (Wildman–Crippen MR) is 53.5 cm³/mol. The highest BCUT2D eigenvalue weighted by Gasteiger charge is 1.98. The zero-order valence-electron chi connectivity index (χ0n) is 7.11. The largest absolute Gasteiger partial charge is 0.478 e. The molecule has 0 saturated heterocycles. The first-order valence-corrected chi connectivity index (χ1v) is 4.17. The SMILES string of the molecule is O=Cc1ccc(C=CC(=O)O)c(Cl)c1. The van der Waals surface area contributed by atoms with Gasteiger partial charge in [0.15, 0.2) is 0 Å². The minimum atomic E-state index is -1.04. The van der Waals surface area contributed by atoms with Crippen LogP contribution in [0.3, 0.4) is 0 Å². The predicted octanol–water partition coefficient (Wildman–Crippen LogP) is 2.25. The summed E-state index contributed by atoms with van der Waals surface area (Å²) in [6, 6.07) is 4.64. The highest BCUT2D eigenvalue weighted by Crippen LogP contribution is 2.18. The van der Waals surface area contributed by atoms with Gasteiger partial charge in [-0.05, 0) is 17.7 Å². The van der Waals surface area contributed by atoms with Crippen molar-refractivity contribution in [3.8, 4) is 0 Å². The van der Waals surface area contributed by atoms with Gasteiger partial charge in [0.25, 0.3) is 0 Å². The molecular formula is C10H7ClO3. The van der Waals surface area contributed by atoms with Crippen molar-refractivity contribution in [2.75, 3.05) is 0 Å². The quantitative estimate of drug-likeness (QED) is 0.615. The molecule has 14 heavy (non-hydrogen) atoms. The van der Waals surface area contributed by atoms with Crippen LogP contribution in [0.4, 0.5) is 0 Å². The maximum absolute atomic E-state index is 10.4. The summed E-state index contributed by atoms with van der Waals surface area (Å²) in [7, 11) is 0. The third kappa shape index (κ3) is 2.71. The molecule has 0 aliphatic carbocycles. The second-order valence-electron chi connectivity index (χ2n) is 2.57. The van der Waals surface area contributed by atoms with Gasteiger partial charge in [-0.1, -0.05) is 23.7 Å². The molecule has 0 heterocycles. The van der Waals surface area contributed by atoms with Crippen LogP contribution in [0.1, 0.15) is 15.9 Å². The van der Waals surface area contributed by atoms with Gasteiger partial charge in [-0.15, -0.1) is 0 Å². The molecule has 0 amide bonds. The lowest BCUT2D eigenvalue weighted by atomic mass is 10.1. The Morgan fingerprint density at radius 1 is 1.43 bits per heavy atom. The molecule has 1 rings (SSSR count). The fourth-order valence-electron chi connectivity index (χ4n) is 0.913. The van der Waals surface area contributed by atoms with Crippen molar-refractivity contribution in [3.63, 3.8) is 0 Å². The first kappa shape index (κ1) is 10.5. The number of aliphatic carboxylic acids is 1. The molecule has 72 valence electrons. The summed E-state index contributed by atoms with van der Waals surface area (Å²) in [6.07, 6.45) is 3.04. The lowest BCUT2D eigenvalue weighted by Gasteiger charge is -1.97. The average Bonchev–Trinajstić information content (AvgIpc) is 2.15. The number of hydrogen-bond acceptors (Lipinski definition) is 2. The Labute approximate surface area is 85.6 Å². The van der Waals surface area contributed by atoms with E-state index in [0.29, 0.717) is 22.4 Å². The molecule has 1 N–H and O–H groups in total. The number of benzene rings is 1. The Kier molecular flexibility index (Phi) is 3.42. The third-order valence-electron chi connectivity index (χ3n) is 1.57. The van der Waals surface area contributed by atoms with Crippen LogP contribution in [0.5, 0.6) is 0 Å². The van der Waals surface area contributed by atoms with E-state index in [2.05, 4.69) is 0 Å². The van der Waals surface area contributed by atoms with E-state index in [-0.39, 0.29) is 0 Å². The Bertz CT molecular complexity index is 396. The molecule has 0 radical (unpaired) electrons. The van der Waals surface area contributed by atoms with Crippen LogP contribution < -0.4 is 0 Å². The lowest BCUT2D eigenvalue weighted by Crippen LogP contribution is -1.87. The summed E-state index contributed by atoms with van der Waals surface area (Å²) < 4.78 is 0. The highest BCUT2D eigenvalue weighted by molar-refractivity contribution is 6.32. The summed E-state index contributed by atoms with van der Waals surface area (Å²) in [5, 5.41) is 8.73. The minimum Gasteiger partial charge on any atom is -0.478 e. The second-order valence-corrected chi connectivity index (χ2v) is 2.98. The maximum Gasteiger partial charge on any atom is 0.328 e. The Balaban J connectivity index is 3.00. The maximum atomic E-state index is 10.4. The van der Waals surface area contributed by atoms with Crippen LogP contribution in [-0.2, 0) is 4.79 Å². The topological polar surface area (TPSA) is 54.4 Å². The van der Waals surface area contributed by atoms with Crippen molar-refractivity contribution < 1.29 is 14.7 Å². The van der Waals surface area contributed by atoms with Crippen LogP contribution in [-0.4, -0.2) is 17.4 Å². The normalized spacial score (nSPS) is 10.4. The molecule has 1 aromatic rings. The van der Waals surface area contributed by atoms with Crippen molar-refractivity contribution in [3.05, 3.63) is 40.4 Å². The monoisotopic (exact) mass is 210 g/mol. The molecule has 0 bridgehead atoms. The number of carbonyl (C=O) groups is 2. The fraction of sp³-hybridized carbons (Fsp3) is 0. The molecular weight excluding hydrogens is 204 g/mol. The van der Waals surface area contributed by atoms with E-state index < -0.39 is 5.97 Å². The van der Waals surface area contributed by atoms with Crippen LogP contribution in [0.2, 0.25) is 5.02 Å². The molecule has 0 aliphatic heterocycles. The number of carboxylic acids is 1. The van der Waals surface area contributed by atoms with E-state index >= 15 is 0 Å². The number of halogens is 1. The van der Waals surface area contributed by atoms with Crippen LogP contribution in [0.15, 0.2) is 24.3 Å². The van der Waals surface area contributed by atoms with Gasteiger partial charge in [0.2, 0.25) is 0 Å². The molecule has 0 saturated carbocycles. The van der Waals surface area contributed by atoms with Crippen LogP contribution in [0.25, 0.3) is 6.08 Å². The van der Waals surface area contributed by atoms with E-state index in [1.165, 1.54) is 12.1 Å². The standard InChI is InChI=1S/C10H7ClO3/c11-9-5-7(6-12)1-2-8(9)3-4-10(13)14/h1-6H,(H,13,14). The lowest BCUT2D eigenvalue weighted by molar-refractivity contribution is -0.131. The van der Waals surface area contributed by atoms with Gasteiger partial charge in [-0.3, -0.25) is 4.79 Å². The van der Waals surface area contributed by atoms with Gasteiger partial charge < -0.3 is 5.11 Å². The van der Waals surface area contributed by atoms with Gasteiger partial charge in [-0.25, -0.2) is 4.79 Å². The van der Waals surface area contributed by atoms with E-state index in [9.17, 15) is 9.59 Å². The number of hydrogen-bond donors (Lipinski definition) is 1. The minimum absolute atomic E-state index is 0.354. The first-order chi connectivity index (χ1) is 6.63. The summed E-state index contributed by atoms with van der Waals surface area (Å²) in [5.41, 5.74) is 1.03. The molecule has 1 aromatic carbocycles. The van der Waals surface area contributed by atoms with Crippen molar-refractivity contribution in [1.29, 1.82) is 0 Å². The summed E-state index contributed by atoms with van der Waals surface area (Å²) in [5.74, 6) is -1.04. The third-order valence-corrected chi connectivity index (χ3v) is 1.89. The van der Waals surface area contributed by atoms with Crippen LogP contribution >= 0.6 is 11.6 Å². The average molecular weight is 211 g/mol. The summed E-state index contributed by atoms with van der Waals surface area (Å²) in [6.45, 7) is 0. The Morgan fingerprint density at radius 3 is 2.64 bits per heavy atom. The number of aldehydes is 1. The molecule has 0 aromatic heterocycles. The van der Waals surface area contributed by atoms with Gasteiger partial charge in [0, 0.05) is 16.7 Å². The molecule has 0 fully saturated rings. The van der Waals surface area contributed by atoms with Crippen molar-refractivity contribution >= 4 is 29.9 Å². The van der Waals surface area contributed by atoms with Crippen molar-refractivity contribution in [2.24, 2.45) is 0 Å². The van der Waals surface area contributed by atoms with E-state index in [1.807, 2.05) is 0 Å². The number of carbonyl (C=O) groups excluding carboxylic acids is 1. The van der Waals surface area contributed by atoms with Crippen molar-refractivity contribution in [1.82, 2.24) is 0 Å². The summed E-state index contributed by atoms with van der Waals surface area (Å²) in [4.78, 5) is 20.6. The highest BCUT2D eigenvalue weighted by atomic mass is 35.5. The molecule has 0 unspecified atom stereocenters. The van der Waals surface area contributed by atoms with Gasteiger partial charge in [-0.2, -0.15) is 0 Å². The second kappa shape index (κ2) is 4.58. The molecule has 3 nitrogen and oxygen atoms in total. The molecule has 0 spiro atoms. The van der Waals surface area contributed by atoms with Gasteiger partial charge >= 0.3 is 5.97 Å². The molecule has 4 heteroatoms. The number of rotatable bonds is 3. The Morgan fingerprint density at radius 2 is 2.14 bits per heavy atom.